The maximum Gasteiger partial charge on any atom is 0.301 e. The zero-order chi connectivity index (χ0) is 15.7. The summed E-state index contributed by atoms with van der Waals surface area (Å²) in [6.07, 6.45) is 1.56. The fraction of sp³-hybridized carbons (Fsp3) is 0.538. The number of halogens is 3. The number of nitrogens with zero attached hydrogens (tertiary/aromatic N) is 2. The van der Waals surface area contributed by atoms with Crippen molar-refractivity contribution in [2.75, 3.05) is 12.4 Å². The van der Waals surface area contributed by atoms with Gasteiger partial charge in [-0.25, -0.2) is 9.37 Å². The van der Waals surface area contributed by atoms with E-state index in [1.807, 2.05) is 0 Å². The summed E-state index contributed by atoms with van der Waals surface area (Å²) in [5, 5.41) is 3.83. The molecule has 0 atom stereocenters. The van der Waals surface area contributed by atoms with E-state index in [9.17, 15) is 13.2 Å². The Labute approximate surface area is 130 Å². The van der Waals surface area contributed by atoms with Crippen LogP contribution in [0.3, 0.4) is 0 Å². The molecule has 1 rings (SSSR count). The molecule has 1 heterocycles. The lowest BCUT2D eigenvalue weighted by molar-refractivity contribution is 0.134. The van der Waals surface area contributed by atoms with E-state index in [4.69, 9.17) is 4.84 Å². The molecule has 0 bridgehead atoms. The summed E-state index contributed by atoms with van der Waals surface area (Å²) in [4.78, 5) is 9.99. The van der Waals surface area contributed by atoms with Gasteiger partial charge in [-0.2, -0.15) is 8.78 Å². The van der Waals surface area contributed by atoms with Crippen LogP contribution in [0.25, 0.3) is 0 Å². The minimum atomic E-state index is -2.25. The van der Waals surface area contributed by atoms with Crippen LogP contribution >= 0.6 is 23.1 Å². The van der Waals surface area contributed by atoms with Gasteiger partial charge in [0.05, 0.1) is 11.1 Å². The van der Waals surface area contributed by atoms with E-state index >= 15 is 0 Å². The van der Waals surface area contributed by atoms with E-state index in [0.717, 1.165) is 11.3 Å². The van der Waals surface area contributed by atoms with Gasteiger partial charge >= 0.3 is 6.08 Å². The van der Waals surface area contributed by atoms with Crippen LogP contribution in [0.5, 0.6) is 0 Å². The first-order chi connectivity index (χ1) is 9.99. The van der Waals surface area contributed by atoms with Crippen molar-refractivity contribution in [3.05, 3.63) is 23.0 Å². The first-order valence-corrected chi connectivity index (χ1v) is 8.23. The predicted octanol–water partition coefficient (Wildman–Crippen LogP) is 5.10. The van der Waals surface area contributed by atoms with E-state index in [2.05, 4.69) is 24.0 Å². The van der Waals surface area contributed by atoms with Crippen LogP contribution < -0.4 is 0 Å². The predicted molar refractivity (Wildman–Crippen MR) is 80.8 cm³/mol. The summed E-state index contributed by atoms with van der Waals surface area (Å²) in [5.74, 6) is -0.576. The molecule has 0 aliphatic carbocycles. The Morgan fingerprint density at radius 3 is 2.90 bits per heavy atom. The van der Waals surface area contributed by atoms with Crippen molar-refractivity contribution in [3.63, 3.8) is 0 Å². The van der Waals surface area contributed by atoms with E-state index in [1.165, 1.54) is 23.1 Å². The molecule has 8 heteroatoms. The zero-order valence-electron chi connectivity index (χ0n) is 11.8. The van der Waals surface area contributed by atoms with Crippen molar-refractivity contribution in [3.8, 4) is 0 Å². The molecule has 0 saturated carbocycles. The second kappa shape index (κ2) is 9.83. The van der Waals surface area contributed by atoms with Crippen LogP contribution in [0.2, 0.25) is 0 Å². The molecule has 0 aliphatic rings. The van der Waals surface area contributed by atoms with Gasteiger partial charge in [-0.05, 0) is 12.3 Å². The molecule has 0 N–H and O–H groups in total. The number of thioether (sulfide) groups is 1. The number of hydrogen-bond acceptors (Lipinski definition) is 5. The molecular formula is C13H17F3N2OS2. The SMILES string of the molecule is CC(C)CCON=Cc1cnc(SCCC(F)=C(F)F)s1. The Balaban J connectivity index is 2.29. The quantitative estimate of drug-likeness (QED) is 0.272. The van der Waals surface area contributed by atoms with E-state index in [1.54, 1.807) is 12.4 Å². The van der Waals surface area contributed by atoms with Crippen LogP contribution in [-0.2, 0) is 4.84 Å². The van der Waals surface area contributed by atoms with Gasteiger partial charge in [-0.3, -0.25) is 0 Å². The van der Waals surface area contributed by atoms with Gasteiger partial charge in [0.1, 0.15) is 10.9 Å². The van der Waals surface area contributed by atoms with E-state index in [-0.39, 0.29) is 12.2 Å². The summed E-state index contributed by atoms with van der Waals surface area (Å²) in [5.41, 5.74) is 0. The van der Waals surface area contributed by atoms with Crippen LogP contribution in [0.15, 0.2) is 27.6 Å². The molecule has 0 saturated heterocycles. The number of allylic oxidation sites excluding steroid dienone is 1. The Morgan fingerprint density at radius 1 is 1.48 bits per heavy atom. The van der Waals surface area contributed by atoms with Crippen LogP contribution in [0, 0.1) is 5.92 Å². The van der Waals surface area contributed by atoms with Crippen LogP contribution in [0.4, 0.5) is 13.2 Å². The standard InChI is InChI=1S/C13H17F3N2OS2/c1-9(2)3-5-19-18-8-10-7-17-13(21-10)20-6-4-11(14)12(15)16/h7-9H,3-6H2,1-2H3. The molecule has 0 radical (unpaired) electrons. The van der Waals surface area contributed by atoms with Gasteiger partial charge in [0.15, 0.2) is 5.83 Å². The summed E-state index contributed by atoms with van der Waals surface area (Å²) in [7, 11) is 0. The molecular weight excluding hydrogens is 321 g/mol. The molecule has 0 amide bonds. The summed E-state index contributed by atoms with van der Waals surface area (Å²) in [6.45, 7) is 4.77. The highest BCUT2D eigenvalue weighted by Crippen LogP contribution is 2.26. The maximum atomic E-state index is 12.6. The molecule has 3 nitrogen and oxygen atoms in total. The van der Waals surface area contributed by atoms with Crippen molar-refractivity contribution in [1.82, 2.24) is 4.98 Å². The number of thiazole rings is 1. The van der Waals surface area contributed by atoms with Gasteiger partial charge in [0, 0.05) is 18.4 Å². The molecule has 0 aliphatic heterocycles. The fourth-order valence-corrected chi connectivity index (χ4v) is 3.01. The number of oxime groups is 1. The Hall–Kier alpha value is -1.02. The van der Waals surface area contributed by atoms with Gasteiger partial charge in [0.2, 0.25) is 0 Å². The minimum Gasteiger partial charge on any atom is -0.396 e. The van der Waals surface area contributed by atoms with Crippen molar-refractivity contribution in [2.45, 2.75) is 31.0 Å². The summed E-state index contributed by atoms with van der Waals surface area (Å²) >= 11 is 2.59. The van der Waals surface area contributed by atoms with Crippen LogP contribution in [-0.4, -0.2) is 23.6 Å². The largest absolute Gasteiger partial charge is 0.396 e. The molecule has 0 fully saturated rings. The number of rotatable bonds is 9. The highest BCUT2D eigenvalue weighted by Gasteiger charge is 2.06. The molecule has 1 aromatic rings. The second-order valence-electron chi connectivity index (χ2n) is 4.54. The lowest BCUT2D eigenvalue weighted by Gasteiger charge is -2.01. The zero-order valence-corrected chi connectivity index (χ0v) is 13.4. The molecule has 21 heavy (non-hydrogen) atoms. The Bertz CT molecular complexity index is 486. The molecule has 1 aromatic heterocycles. The Morgan fingerprint density at radius 2 is 2.24 bits per heavy atom. The highest BCUT2D eigenvalue weighted by molar-refractivity contribution is 8.01. The summed E-state index contributed by atoms with van der Waals surface area (Å²) in [6, 6.07) is 0. The second-order valence-corrected chi connectivity index (χ2v) is 6.95. The first-order valence-electron chi connectivity index (χ1n) is 6.42. The lowest BCUT2D eigenvalue weighted by Crippen LogP contribution is -1.94. The van der Waals surface area contributed by atoms with Crippen LogP contribution in [0.1, 0.15) is 31.6 Å². The third-order valence-corrected chi connectivity index (χ3v) is 4.39. The third-order valence-electron chi connectivity index (χ3n) is 2.30. The monoisotopic (exact) mass is 338 g/mol. The van der Waals surface area contributed by atoms with Gasteiger partial charge in [-0.15, -0.1) is 11.3 Å². The van der Waals surface area contributed by atoms with Gasteiger partial charge < -0.3 is 4.84 Å². The van der Waals surface area contributed by atoms with Crippen molar-refractivity contribution in [1.29, 1.82) is 0 Å². The highest BCUT2D eigenvalue weighted by atomic mass is 32.2. The Kier molecular flexibility index (Phi) is 8.44. The van der Waals surface area contributed by atoms with E-state index < -0.39 is 11.9 Å². The molecule has 0 unspecified atom stereocenters. The molecule has 0 aromatic carbocycles. The maximum absolute atomic E-state index is 12.6. The third kappa shape index (κ3) is 8.11. The number of aromatic nitrogens is 1. The van der Waals surface area contributed by atoms with Crippen molar-refractivity contribution >= 4 is 29.3 Å². The molecule has 118 valence electrons. The average molecular weight is 338 g/mol. The minimum absolute atomic E-state index is 0.220. The van der Waals surface area contributed by atoms with Gasteiger partial charge in [-0.1, -0.05) is 30.8 Å². The molecule has 0 spiro atoms. The normalized spacial score (nSPS) is 11.3. The average Bonchev–Trinajstić information content (AvgIpc) is 2.85. The summed E-state index contributed by atoms with van der Waals surface area (Å²) < 4.78 is 37.0. The lowest BCUT2D eigenvalue weighted by atomic mass is 10.1. The van der Waals surface area contributed by atoms with Gasteiger partial charge in [0.25, 0.3) is 0 Å². The first kappa shape index (κ1) is 18.0. The van der Waals surface area contributed by atoms with E-state index in [0.29, 0.717) is 16.9 Å². The number of hydrogen-bond donors (Lipinski definition) is 0. The van der Waals surface area contributed by atoms with Crippen molar-refractivity contribution < 1.29 is 18.0 Å². The topological polar surface area (TPSA) is 34.5 Å². The smallest absolute Gasteiger partial charge is 0.301 e. The fourth-order valence-electron chi connectivity index (χ4n) is 1.15. The van der Waals surface area contributed by atoms with Crippen molar-refractivity contribution in [2.24, 2.45) is 11.1 Å².